The maximum absolute atomic E-state index is 12.1. The summed E-state index contributed by atoms with van der Waals surface area (Å²) in [6, 6.07) is 6.39. The van der Waals surface area contributed by atoms with Gasteiger partial charge in [-0.3, -0.25) is 4.55 Å². The summed E-state index contributed by atoms with van der Waals surface area (Å²) < 4.78 is 32.7. The summed E-state index contributed by atoms with van der Waals surface area (Å²) >= 11 is 0. The summed E-state index contributed by atoms with van der Waals surface area (Å²) in [6.45, 7) is 6.33. The predicted molar refractivity (Wildman–Crippen MR) is 115 cm³/mol. The summed E-state index contributed by atoms with van der Waals surface area (Å²) in [6.07, 6.45) is 2.95. The Morgan fingerprint density at radius 2 is 1.72 bits per heavy atom. The number of benzene rings is 1. The van der Waals surface area contributed by atoms with Crippen LogP contribution in [0.25, 0.3) is 0 Å². The molecule has 0 saturated heterocycles. The molecule has 0 radical (unpaired) electrons. The molecule has 0 heterocycles. The van der Waals surface area contributed by atoms with E-state index in [2.05, 4.69) is 32.0 Å². The summed E-state index contributed by atoms with van der Waals surface area (Å²) in [5.74, 6) is -2.07. The third-order valence-electron chi connectivity index (χ3n) is 6.72. The molecular formula is C20H37NaO10S. The standard InChI is InChI=1S/C20H28O5S.Na.5H2O/c1-13(2)14-5-7-16-15(11-14)6-8-17-19(16,3)9-4-10-20(17,18(21)22)12-26(23,24)25;;;;;;/h5,7,11,13,17H,4,6,8-10,12H2,1-3H3,(H,21,22)(H,23,24,25);;5*1H2/q;+1;;;;;/p-1/t17-,19-,20-;;;;;;/m1....../s1. The molecule has 2 aliphatic carbocycles. The molecule has 0 unspecified atom stereocenters. The van der Waals surface area contributed by atoms with Crippen LogP contribution in [-0.2, 0) is 26.7 Å². The minimum absolute atomic E-state index is 0. The number of aliphatic carboxylic acids is 1. The van der Waals surface area contributed by atoms with Crippen molar-refractivity contribution in [2.45, 2.75) is 64.2 Å². The third kappa shape index (κ3) is 6.72. The smallest absolute Gasteiger partial charge is 0.550 e. The topological polar surface area (TPSA) is 252 Å². The summed E-state index contributed by atoms with van der Waals surface area (Å²) in [5, 5.41) is 12.1. The van der Waals surface area contributed by atoms with Crippen LogP contribution in [0, 0.1) is 11.3 Å². The van der Waals surface area contributed by atoms with E-state index in [1.807, 2.05) is 6.92 Å². The predicted octanol–water partition coefficient (Wildman–Crippen LogP) is -4.68. The first-order valence-corrected chi connectivity index (χ1v) is 10.9. The van der Waals surface area contributed by atoms with Gasteiger partial charge in [0.25, 0.3) is 10.1 Å². The van der Waals surface area contributed by atoms with Crippen LogP contribution in [0.4, 0.5) is 0 Å². The molecule has 0 bridgehead atoms. The van der Waals surface area contributed by atoms with Crippen LogP contribution in [0.15, 0.2) is 18.2 Å². The quantitative estimate of drug-likeness (QED) is 0.320. The molecule has 0 aromatic heterocycles. The van der Waals surface area contributed by atoms with Gasteiger partial charge in [-0.1, -0.05) is 45.4 Å². The number of carboxylic acids is 1. The minimum atomic E-state index is -4.42. The number of aryl methyl sites for hydroxylation is 1. The fourth-order valence-corrected chi connectivity index (χ4v) is 6.60. The molecule has 184 valence electrons. The molecule has 1 aromatic carbocycles. The van der Waals surface area contributed by atoms with E-state index in [-0.39, 0.29) is 69.3 Å². The van der Waals surface area contributed by atoms with E-state index >= 15 is 0 Å². The van der Waals surface area contributed by atoms with Crippen LogP contribution in [0.1, 0.15) is 69.1 Å². The van der Waals surface area contributed by atoms with Crippen LogP contribution in [0.5, 0.6) is 0 Å². The summed E-state index contributed by atoms with van der Waals surface area (Å²) in [7, 11) is -4.42. The van der Waals surface area contributed by atoms with Gasteiger partial charge in [0.05, 0.1) is 5.75 Å². The van der Waals surface area contributed by atoms with Crippen molar-refractivity contribution >= 4 is 16.1 Å². The van der Waals surface area contributed by atoms with Crippen LogP contribution in [-0.4, -0.2) is 52.1 Å². The molecule has 11 N–H and O–H groups in total. The van der Waals surface area contributed by atoms with Gasteiger partial charge in [0.1, 0.15) is 0 Å². The SMILES string of the molecule is CC(C)c1ccc2c(c1)CC[C@H]1[C@@](CS(=O)(=O)O)(C(=O)[O-])CCC[C@]21C.O.O.O.O.O.[Na+]. The molecule has 2 aliphatic rings. The molecule has 3 atom stereocenters. The Kier molecular flexibility index (Phi) is 16.1. The number of carbonyl (C=O) groups excluding carboxylic acids is 1. The van der Waals surface area contributed by atoms with Gasteiger partial charge in [-0.15, -0.1) is 0 Å². The van der Waals surface area contributed by atoms with E-state index in [1.54, 1.807) is 0 Å². The molecule has 3 rings (SSSR count). The first-order valence-electron chi connectivity index (χ1n) is 9.29. The normalized spacial score (nSPS) is 25.5. The van der Waals surface area contributed by atoms with Gasteiger partial charge >= 0.3 is 29.6 Å². The fourth-order valence-electron chi connectivity index (χ4n) is 5.48. The number of rotatable bonds is 4. The van der Waals surface area contributed by atoms with Crippen molar-refractivity contribution in [3.63, 3.8) is 0 Å². The second kappa shape index (κ2) is 13.3. The van der Waals surface area contributed by atoms with Gasteiger partial charge < -0.3 is 37.3 Å². The number of hydrogen-bond donors (Lipinski definition) is 1. The maximum atomic E-state index is 12.1. The first-order chi connectivity index (χ1) is 12.0. The Morgan fingerprint density at radius 3 is 2.19 bits per heavy atom. The van der Waals surface area contributed by atoms with Crippen LogP contribution in [0.3, 0.4) is 0 Å². The minimum Gasteiger partial charge on any atom is -0.550 e. The molecule has 1 aromatic rings. The van der Waals surface area contributed by atoms with Gasteiger partial charge in [0.2, 0.25) is 0 Å². The van der Waals surface area contributed by atoms with E-state index in [0.29, 0.717) is 18.8 Å². The van der Waals surface area contributed by atoms with Crippen molar-refractivity contribution in [3.8, 4) is 0 Å². The van der Waals surface area contributed by atoms with Gasteiger partial charge in [-0.2, -0.15) is 8.42 Å². The van der Waals surface area contributed by atoms with Crippen molar-refractivity contribution in [1.82, 2.24) is 0 Å². The van der Waals surface area contributed by atoms with Gasteiger partial charge in [0, 0.05) is 11.4 Å². The van der Waals surface area contributed by atoms with E-state index in [1.165, 1.54) is 11.1 Å². The van der Waals surface area contributed by atoms with E-state index in [9.17, 15) is 22.9 Å². The Labute approximate surface area is 211 Å². The molecule has 12 heteroatoms. The fraction of sp³-hybridized carbons (Fsp3) is 0.650. The number of fused-ring (bicyclic) bond motifs is 3. The van der Waals surface area contributed by atoms with Crippen LogP contribution in [0.2, 0.25) is 0 Å². The van der Waals surface area contributed by atoms with Crippen molar-refractivity contribution in [1.29, 1.82) is 0 Å². The van der Waals surface area contributed by atoms with Crippen molar-refractivity contribution in [2.75, 3.05) is 5.75 Å². The first kappa shape index (κ1) is 38.7. The molecule has 1 fully saturated rings. The Morgan fingerprint density at radius 1 is 1.16 bits per heavy atom. The molecule has 1 saturated carbocycles. The summed E-state index contributed by atoms with van der Waals surface area (Å²) in [5.41, 5.74) is 1.65. The third-order valence-corrected chi connectivity index (χ3v) is 7.60. The molecular weight excluding hydrogens is 455 g/mol. The van der Waals surface area contributed by atoms with Gasteiger partial charge in [-0.05, 0) is 59.6 Å². The number of carboxylic acid groups (broad SMARTS) is 1. The number of carbonyl (C=O) groups is 1. The zero-order valence-electron chi connectivity index (χ0n) is 19.1. The maximum Gasteiger partial charge on any atom is 1.00 e. The van der Waals surface area contributed by atoms with E-state index in [4.69, 9.17) is 0 Å². The molecule has 32 heavy (non-hydrogen) atoms. The Balaban J connectivity index is -0.000000653. The number of hydrogen-bond acceptors (Lipinski definition) is 4. The molecule has 0 amide bonds. The van der Waals surface area contributed by atoms with E-state index < -0.39 is 32.7 Å². The van der Waals surface area contributed by atoms with Crippen LogP contribution >= 0.6 is 0 Å². The zero-order valence-corrected chi connectivity index (χ0v) is 21.9. The van der Waals surface area contributed by atoms with Crippen LogP contribution < -0.4 is 34.7 Å². The second-order valence-corrected chi connectivity index (χ2v) is 10.1. The van der Waals surface area contributed by atoms with Crippen molar-refractivity contribution < 1.29 is 79.8 Å². The molecule has 0 aliphatic heterocycles. The monoisotopic (exact) mass is 492 g/mol. The molecule has 0 spiro atoms. The van der Waals surface area contributed by atoms with Gasteiger partial charge in [0.15, 0.2) is 0 Å². The Hall–Kier alpha value is -0.600. The molecule has 10 nitrogen and oxygen atoms in total. The second-order valence-electron chi connectivity index (χ2n) is 8.60. The van der Waals surface area contributed by atoms with Crippen molar-refractivity contribution in [2.24, 2.45) is 11.3 Å². The van der Waals surface area contributed by atoms with Crippen molar-refractivity contribution in [3.05, 3.63) is 34.9 Å². The summed E-state index contributed by atoms with van der Waals surface area (Å²) in [4.78, 5) is 12.1. The average Bonchev–Trinajstić information content (AvgIpc) is 2.52. The van der Waals surface area contributed by atoms with E-state index in [0.717, 1.165) is 18.4 Å². The average molecular weight is 493 g/mol. The van der Waals surface area contributed by atoms with Gasteiger partial charge in [-0.25, -0.2) is 0 Å². The largest absolute Gasteiger partial charge is 1.00 e. The Bertz CT molecular complexity index is 845. The zero-order chi connectivity index (χ0) is 19.3.